The third-order valence-corrected chi connectivity index (χ3v) is 5.61. The molecule has 4 heteroatoms. The molecule has 0 aliphatic carbocycles. The predicted octanol–water partition coefficient (Wildman–Crippen LogP) is 1.96. The summed E-state index contributed by atoms with van der Waals surface area (Å²) in [7, 11) is 2.00. The second kappa shape index (κ2) is 7.45. The monoisotopic (exact) mass is 315 g/mol. The second-order valence-electron chi connectivity index (χ2n) is 7.15. The molecule has 1 amide bonds. The van der Waals surface area contributed by atoms with Gasteiger partial charge in [-0.3, -0.25) is 9.69 Å². The largest absolute Gasteiger partial charge is 0.342 e. The lowest BCUT2D eigenvalue weighted by molar-refractivity contribution is -0.139. The van der Waals surface area contributed by atoms with Gasteiger partial charge in [0.2, 0.25) is 5.91 Å². The summed E-state index contributed by atoms with van der Waals surface area (Å²) >= 11 is 0. The van der Waals surface area contributed by atoms with Gasteiger partial charge in [0.05, 0.1) is 0 Å². The van der Waals surface area contributed by atoms with E-state index in [-0.39, 0.29) is 5.92 Å². The predicted molar refractivity (Wildman–Crippen MR) is 93.0 cm³/mol. The number of hydrogen-bond acceptors (Lipinski definition) is 3. The highest BCUT2D eigenvalue weighted by molar-refractivity contribution is 5.79. The molecule has 3 rings (SSSR count). The Bertz CT molecular complexity index is 507. The van der Waals surface area contributed by atoms with E-state index in [2.05, 4.69) is 47.5 Å². The highest BCUT2D eigenvalue weighted by atomic mass is 16.2. The molecule has 1 aromatic carbocycles. The van der Waals surface area contributed by atoms with Gasteiger partial charge in [-0.25, -0.2) is 0 Å². The van der Waals surface area contributed by atoms with E-state index in [1.807, 2.05) is 11.9 Å². The average Bonchev–Trinajstić information content (AvgIpc) is 2.53. The lowest BCUT2D eigenvalue weighted by Gasteiger charge is -2.40. The molecule has 126 valence electrons. The number of nitrogens with zero attached hydrogens (tertiary/aromatic N) is 2. The van der Waals surface area contributed by atoms with Crippen molar-refractivity contribution < 1.29 is 4.79 Å². The molecule has 2 saturated heterocycles. The van der Waals surface area contributed by atoms with Crippen LogP contribution in [0.4, 0.5) is 0 Å². The number of rotatable bonds is 5. The summed E-state index contributed by atoms with van der Waals surface area (Å²) in [5.41, 5.74) is 1.38. The summed E-state index contributed by atoms with van der Waals surface area (Å²) < 4.78 is 0. The lowest BCUT2D eigenvalue weighted by atomic mass is 9.87. The van der Waals surface area contributed by atoms with Crippen molar-refractivity contribution in [3.05, 3.63) is 35.9 Å². The fourth-order valence-corrected chi connectivity index (χ4v) is 3.67. The zero-order valence-corrected chi connectivity index (χ0v) is 14.4. The molecule has 0 saturated carbocycles. The molecule has 1 aromatic rings. The van der Waals surface area contributed by atoms with Gasteiger partial charge in [-0.2, -0.15) is 0 Å². The van der Waals surface area contributed by atoms with Crippen molar-refractivity contribution in [2.75, 3.05) is 33.2 Å². The van der Waals surface area contributed by atoms with Crippen LogP contribution in [-0.2, 0) is 11.3 Å². The van der Waals surface area contributed by atoms with Crippen molar-refractivity contribution in [3.8, 4) is 0 Å². The van der Waals surface area contributed by atoms with Crippen LogP contribution < -0.4 is 5.32 Å². The highest BCUT2D eigenvalue weighted by Crippen LogP contribution is 2.23. The smallest absolute Gasteiger partial charge is 0.225 e. The van der Waals surface area contributed by atoms with Gasteiger partial charge in [-0.05, 0) is 37.4 Å². The van der Waals surface area contributed by atoms with Crippen LogP contribution in [0.1, 0.15) is 25.3 Å². The Labute approximate surface area is 139 Å². The number of amides is 1. The zero-order chi connectivity index (χ0) is 16.2. The van der Waals surface area contributed by atoms with Crippen molar-refractivity contribution in [2.45, 2.75) is 32.4 Å². The van der Waals surface area contributed by atoms with Crippen molar-refractivity contribution >= 4 is 5.91 Å². The Morgan fingerprint density at radius 3 is 2.48 bits per heavy atom. The van der Waals surface area contributed by atoms with E-state index in [9.17, 15) is 4.79 Å². The van der Waals surface area contributed by atoms with Crippen molar-refractivity contribution in [1.82, 2.24) is 15.1 Å². The second-order valence-corrected chi connectivity index (χ2v) is 7.15. The van der Waals surface area contributed by atoms with Crippen molar-refractivity contribution in [3.63, 3.8) is 0 Å². The number of carbonyl (C=O) groups is 1. The third kappa shape index (κ3) is 3.93. The van der Waals surface area contributed by atoms with E-state index in [0.29, 0.717) is 17.9 Å². The van der Waals surface area contributed by atoms with Gasteiger partial charge in [0.25, 0.3) is 0 Å². The molecule has 0 radical (unpaired) electrons. The molecule has 0 bridgehead atoms. The molecule has 1 N–H and O–H groups in total. The highest BCUT2D eigenvalue weighted by Gasteiger charge is 2.33. The van der Waals surface area contributed by atoms with E-state index in [1.165, 1.54) is 5.56 Å². The zero-order valence-electron chi connectivity index (χ0n) is 14.4. The van der Waals surface area contributed by atoms with Gasteiger partial charge >= 0.3 is 0 Å². The molecule has 1 atom stereocenters. The maximum Gasteiger partial charge on any atom is 0.225 e. The maximum absolute atomic E-state index is 12.6. The van der Waals surface area contributed by atoms with Crippen LogP contribution in [0.5, 0.6) is 0 Å². The number of piperidine rings is 1. The van der Waals surface area contributed by atoms with Crippen LogP contribution in [0, 0.1) is 11.8 Å². The van der Waals surface area contributed by atoms with Crippen LogP contribution in [0.15, 0.2) is 30.3 Å². The Morgan fingerprint density at radius 1 is 1.26 bits per heavy atom. The van der Waals surface area contributed by atoms with Crippen LogP contribution in [0.2, 0.25) is 0 Å². The standard InChI is InChI=1S/C19H29N3O/c1-15(17-12-20-13-17)19(23)21(2)18-8-10-22(11-9-18)14-16-6-4-3-5-7-16/h3-7,15,17-18,20H,8-14H2,1-2H3. The Balaban J connectivity index is 1.47. The minimum absolute atomic E-state index is 0.156. The lowest BCUT2D eigenvalue weighted by Crippen LogP contribution is -2.52. The fraction of sp³-hybridized carbons (Fsp3) is 0.632. The summed E-state index contributed by atoms with van der Waals surface area (Å²) in [6.07, 6.45) is 2.18. The topological polar surface area (TPSA) is 35.6 Å². The SMILES string of the molecule is CC(C(=O)N(C)C1CCN(Cc2ccccc2)CC1)C1CNC1. The number of benzene rings is 1. The van der Waals surface area contributed by atoms with E-state index in [0.717, 1.165) is 45.6 Å². The quantitative estimate of drug-likeness (QED) is 0.902. The molecule has 1 unspecified atom stereocenters. The van der Waals surface area contributed by atoms with Crippen LogP contribution in [0.25, 0.3) is 0 Å². The molecule has 4 nitrogen and oxygen atoms in total. The summed E-state index contributed by atoms with van der Waals surface area (Å²) in [6.45, 7) is 7.27. The van der Waals surface area contributed by atoms with Gasteiger partial charge in [0, 0.05) is 38.6 Å². The minimum Gasteiger partial charge on any atom is -0.342 e. The number of hydrogen-bond donors (Lipinski definition) is 1. The first-order valence-corrected chi connectivity index (χ1v) is 8.89. The molecule has 2 aliphatic rings. The molecule has 2 heterocycles. The van der Waals surface area contributed by atoms with Gasteiger partial charge < -0.3 is 10.2 Å². The number of likely N-dealkylation sites (tertiary alicyclic amines) is 1. The van der Waals surface area contributed by atoms with Gasteiger partial charge in [0.15, 0.2) is 0 Å². The molecule has 0 spiro atoms. The van der Waals surface area contributed by atoms with Crippen LogP contribution in [0.3, 0.4) is 0 Å². The van der Waals surface area contributed by atoms with Crippen LogP contribution >= 0.6 is 0 Å². The Morgan fingerprint density at radius 2 is 1.91 bits per heavy atom. The van der Waals surface area contributed by atoms with E-state index in [1.54, 1.807) is 0 Å². The maximum atomic E-state index is 12.6. The first-order chi connectivity index (χ1) is 11.1. The Kier molecular flexibility index (Phi) is 5.34. The number of carbonyl (C=O) groups excluding carboxylic acids is 1. The molecular weight excluding hydrogens is 286 g/mol. The fourth-order valence-electron chi connectivity index (χ4n) is 3.67. The van der Waals surface area contributed by atoms with E-state index in [4.69, 9.17) is 0 Å². The summed E-state index contributed by atoms with van der Waals surface area (Å²) in [5, 5.41) is 3.27. The normalized spacial score (nSPS) is 21.7. The molecule has 2 aliphatic heterocycles. The van der Waals surface area contributed by atoms with Gasteiger partial charge in [-0.1, -0.05) is 37.3 Å². The molecule has 2 fully saturated rings. The first-order valence-electron chi connectivity index (χ1n) is 8.89. The summed E-state index contributed by atoms with van der Waals surface area (Å²) in [6, 6.07) is 11.1. The van der Waals surface area contributed by atoms with Gasteiger partial charge in [0.1, 0.15) is 0 Å². The third-order valence-electron chi connectivity index (χ3n) is 5.61. The molecule has 0 aromatic heterocycles. The number of nitrogens with one attached hydrogen (secondary N) is 1. The summed E-state index contributed by atoms with van der Waals surface area (Å²) in [5.74, 6) is 1.02. The average molecular weight is 315 g/mol. The summed E-state index contributed by atoms with van der Waals surface area (Å²) in [4.78, 5) is 17.2. The van der Waals surface area contributed by atoms with E-state index >= 15 is 0 Å². The van der Waals surface area contributed by atoms with Gasteiger partial charge in [-0.15, -0.1) is 0 Å². The molecular formula is C19H29N3O. The van der Waals surface area contributed by atoms with E-state index < -0.39 is 0 Å². The van der Waals surface area contributed by atoms with Crippen molar-refractivity contribution in [2.24, 2.45) is 11.8 Å². The Hall–Kier alpha value is -1.39. The van der Waals surface area contributed by atoms with Crippen LogP contribution in [-0.4, -0.2) is 55.0 Å². The van der Waals surface area contributed by atoms with Crippen molar-refractivity contribution in [1.29, 1.82) is 0 Å². The minimum atomic E-state index is 0.156. The molecule has 23 heavy (non-hydrogen) atoms. The first kappa shape index (κ1) is 16.5.